The third-order valence-electron chi connectivity index (χ3n) is 6.22. The van der Waals surface area contributed by atoms with Crippen molar-refractivity contribution in [3.8, 4) is 11.1 Å². The molecule has 0 radical (unpaired) electrons. The number of nitrogens with zero attached hydrogens (tertiary/aromatic N) is 4. The van der Waals surface area contributed by atoms with E-state index in [1.807, 2.05) is 0 Å². The first-order valence-corrected chi connectivity index (χ1v) is 13.4. The van der Waals surface area contributed by atoms with Crippen molar-refractivity contribution in [2.75, 3.05) is 29.6 Å². The number of rotatable bonds is 6. The highest BCUT2D eigenvalue weighted by molar-refractivity contribution is 7.91. The highest BCUT2D eigenvalue weighted by atomic mass is 32.2. The largest absolute Gasteiger partial charge is 0.356 e. The first-order valence-electron chi connectivity index (χ1n) is 11.5. The van der Waals surface area contributed by atoms with Crippen molar-refractivity contribution in [2.24, 2.45) is 0 Å². The number of halogens is 4. The molecule has 1 saturated heterocycles. The van der Waals surface area contributed by atoms with E-state index in [2.05, 4.69) is 15.4 Å². The number of amides is 1. The summed E-state index contributed by atoms with van der Waals surface area (Å²) in [6.45, 7) is -0.979. The Morgan fingerprint density at radius 1 is 1.22 bits per heavy atom. The highest BCUT2D eigenvalue weighted by Crippen LogP contribution is 2.35. The summed E-state index contributed by atoms with van der Waals surface area (Å²) < 4.78 is 74.7. The lowest BCUT2D eigenvalue weighted by molar-refractivity contribution is -0.0102. The average Bonchev–Trinajstić information content (AvgIpc) is 3.23. The third-order valence-corrected chi connectivity index (χ3v) is 7.37. The van der Waals surface area contributed by atoms with Crippen LogP contribution in [0.2, 0.25) is 0 Å². The Bertz CT molecular complexity index is 1420. The van der Waals surface area contributed by atoms with Crippen LogP contribution in [0.25, 0.3) is 11.1 Å². The van der Waals surface area contributed by atoms with Gasteiger partial charge in [-0.15, -0.1) is 0 Å². The standard InChI is InChI=1S/C24H26F4N6O2S/c1-15-19(16-12-31-34(14-16)23(25)26)13-30-21(33-9-4-7-24(27,28)8-10-33)20(15)22(35)32-17-5-3-6-18(11-17)37(2,29)36/h3,5-6,11-14,23,29H,4,7-10H2,1-2H3,(H,32,35)/t37-/m1/s1. The number of hydrogen-bond donors (Lipinski definition) is 2. The molecule has 0 saturated carbocycles. The van der Waals surface area contributed by atoms with Gasteiger partial charge in [0, 0.05) is 66.3 Å². The van der Waals surface area contributed by atoms with Crippen LogP contribution in [0.1, 0.15) is 41.7 Å². The Balaban J connectivity index is 1.78. The number of carbonyl (C=O) groups is 1. The summed E-state index contributed by atoms with van der Waals surface area (Å²) >= 11 is 0. The van der Waals surface area contributed by atoms with Gasteiger partial charge in [0.15, 0.2) is 0 Å². The monoisotopic (exact) mass is 538 g/mol. The highest BCUT2D eigenvalue weighted by Gasteiger charge is 2.33. The molecular formula is C24H26F4N6O2S. The number of alkyl halides is 4. The van der Waals surface area contributed by atoms with Crippen LogP contribution in [0.5, 0.6) is 0 Å². The van der Waals surface area contributed by atoms with E-state index in [9.17, 15) is 26.6 Å². The van der Waals surface area contributed by atoms with E-state index < -0.39 is 34.5 Å². The summed E-state index contributed by atoms with van der Waals surface area (Å²) in [6, 6.07) is 6.07. The molecule has 37 heavy (non-hydrogen) atoms. The Hall–Kier alpha value is -3.48. The molecule has 1 aliphatic rings. The van der Waals surface area contributed by atoms with E-state index in [1.165, 1.54) is 30.8 Å². The van der Waals surface area contributed by atoms with Crippen LogP contribution in [0.15, 0.2) is 47.8 Å². The fourth-order valence-corrected chi connectivity index (χ4v) is 4.95. The predicted molar refractivity (Wildman–Crippen MR) is 132 cm³/mol. The summed E-state index contributed by atoms with van der Waals surface area (Å²) in [7, 11) is -3.04. The van der Waals surface area contributed by atoms with Gasteiger partial charge in [-0.3, -0.25) is 4.79 Å². The minimum absolute atomic E-state index is 0.0192. The maximum absolute atomic E-state index is 14.0. The zero-order chi connectivity index (χ0) is 27.0. The predicted octanol–water partition coefficient (Wildman–Crippen LogP) is 5.56. The first-order chi connectivity index (χ1) is 17.4. The van der Waals surface area contributed by atoms with Crippen molar-refractivity contribution in [1.82, 2.24) is 14.8 Å². The maximum Gasteiger partial charge on any atom is 0.333 e. The normalized spacial score (nSPS) is 17.3. The number of carbonyl (C=O) groups excluding carboxylic acids is 1. The molecule has 0 spiro atoms. The van der Waals surface area contributed by atoms with Crippen molar-refractivity contribution in [1.29, 1.82) is 4.78 Å². The molecule has 1 amide bonds. The van der Waals surface area contributed by atoms with Crippen molar-refractivity contribution < 1.29 is 26.6 Å². The molecule has 0 unspecified atom stereocenters. The SMILES string of the molecule is Cc1c(-c2cnn(C(F)F)c2)cnc(N2CCCC(F)(F)CC2)c1C(=O)Nc1cccc([S@](C)(=N)=O)c1. The quantitative estimate of drug-likeness (QED) is 0.400. The second kappa shape index (κ2) is 10.1. The average molecular weight is 539 g/mol. The lowest BCUT2D eigenvalue weighted by Gasteiger charge is -2.26. The lowest BCUT2D eigenvalue weighted by atomic mass is 9.99. The van der Waals surface area contributed by atoms with Gasteiger partial charge in [-0.25, -0.2) is 27.4 Å². The van der Waals surface area contributed by atoms with Gasteiger partial charge in [0.25, 0.3) is 5.91 Å². The van der Waals surface area contributed by atoms with Gasteiger partial charge in [-0.2, -0.15) is 13.9 Å². The van der Waals surface area contributed by atoms with Gasteiger partial charge < -0.3 is 10.2 Å². The molecule has 1 aliphatic heterocycles. The van der Waals surface area contributed by atoms with Gasteiger partial charge in [0.05, 0.1) is 21.5 Å². The molecule has 13 heteroatoms. The van der Waals surface area contributed by atoms with Crippen LogP contribution in [0.4, 0.5) is 29.1 Å². The van der Waals surface area contributed by atoms with Gasteiger partial charge in [0.1, 0.15) is 5.82 Å². The van der Waals surface area contributed by atoms with E-state index >= 15 is 0 Å². The third kappa shape index (κ3) is 5.92. The molecule has 3 aromatic rings. The summed E-state index contributed by atoms with van der Waals surface area (Å²) in [5, 5.41) is 6.37. The summed E-state index contributed by atoms with van der Waals surface area (Å²) in [5.41, 5.74) is 1.49. The zero-order valence-corrected chi connectivity index (χ0v) is 21.0. The number of anilines is 2. The fourth-order valence-electron chi connectivity index (χ4n) is 4.26. The zero-order valence-electron chi connectivity index (χ0n) is 20.2. The van der Waals surface area contributed by atoms with Crippen molar-refractivity contribution in [3.63, 3.8) is 0 Å². The molecule has 4 rings (SSSR count). The number of benzene rings is 1. The van der Waals surface area contributed by atoms with Crippen LogP contribution in [-0.4, -0.2) is 50.1 Å². The van der Waals surface area contributed by atoms with E-state index in [-0.39, 0.29) is 47.9 Å². The van der Waals surface area contributed by atoms with Gasteiger partial charge >= 0.3 is 6.55 Å². The van der Waals surface area contributed by atoms with E-state index in [1.54, 1.807) is 24.0 Å². The Kier molecular flexibility index (Phi) is 7.27. The van der Waals surface area contributed by atoms with Crippen molar-refractivity contribution >= 4 is 27.1 Å². The summed E-state index contributed by atoms with van der Waals surface area (Å²) in [6.07, 6.45) is 4.59. The topological polar surface area (TPSA) is 104 Å². The molecule has 3 heterocycles. The molecule has 0 bridgehead atoms. The van der Waals surface area contributed by atoms with E-state index in [4.69, 9.17) is 4.78 Å². The van der Waals surface area contributed by atoms with Crippen LogP contribution >= 0.6 is 0 Å². The molecule has 8 nitrogen and oxygen atoms in total. The van der Waals surface area contributed by atoms with Crippen LogP contribution in [0.3, 0.4) is 0 Å². The fraction of sp³-hybridized carbons (Fsp3) is 0.375. The van der Waals surface area contributed by atoms with Crippen LogP contribution in [0, 0.1) is 11.7 Å². The minimum atomic E-state index is -3.04. The Morgan fingerprint density at radius 3 is 2.65 bits per heavy atom. The van der Waals surface area contributed by atoms with E-state index in [0.29, 0.717) is 21.4 Å². The molecule has 0 aliphatic carbocycles. The molecule has 1 aromatic carbocycles. The van der Waals surface area contributed by atoms with Gasteiger partial charge in [-0.1, -0.05) is 6.07 Å². The maximum atomic E-state index is 14.0. The smallest absolute Gasteiger partial charge is 0.333 e. The summed E-state index contributed by atoms with van der Waals surface area (Å²) in [4.78, 5) is 19.9. The molecule has 2 N–H and O–H groups in total. The Morgan fingerprint density at radius 2 is 1.97 bits per heavy atom. The number of aromatic nitrogens is 3. The first kappa shape index (κ1) is 26.6. The van der Waals surface area contributed by atoms with Gasteiger partial charge in [-0.05, 0) is 37.1 Å². The van der Waals surface area contributed by atoms with Crippen LogP contribution in [-0.2, 0) is 9.73 Å². The second-order valence-corrected chi connectivity index (χ2v) is 11.2. The number of nitrogens with one attached hydrogen (secondary N) is 2. The Labute approximate surface area is 211 Å². The minimum Gasteiger partial charge on any atom is -0.356 e. The van der Waals surface area contributed by atoms with Crippen molar-refractivity contribution in [2.45, 2.75) is 43.6 Å². The summed E-state index contributed by atoms with van der Waals surface area (Å²) in [5.74, 6) is -3.22. The van der Waals surface area contributed by atoms with Gasteiger partial charge in [0.2, 0.25) is 5.92 Å². The van der Waals surface area contributed by atoms with Crippen LogP contribution < -0.4 is 10.2 Å². The molecular weight excluding hydrogens is 512 g/mol. The lowest BCUT2D eigenvalue weighted by Crippen LogP contribution is -2.30. The molecule has 1 fully saturated rings. The van der Waals surface area contributed by atoms with Crippen molar-refractivity contribution in [3.05, 3.63) is 54.0 Å². The van der Waals surface area contributed by atoms with E-state index in [0.717, 1.165) is 6.20 Å². The number of hydrogen-bond acceptors (Lipinski definition) is 6. The molecule has 2 aromatic heterocycles. The molecule has 1 atom stereocenters. The molecule has 198 valence electrons. The number of pyridine rings is 1. The second-order valence-electron chi connectivity index (χ2n) is 9.00.